The summed E-state index contributed by atoms with van der Waals surface area (Å²) in [4.78, 5) is 7.40. The molecule has 0 atom stereocenters. The molecule has 0 spiro atoms. The van der Waals surface area contributed by atoms with E-state index in [1.54, 1.807) is 18.2 Å². The summed E-state index contributed by atoms with van der Waals surface area (Å²) in [6.07, 6.45) is 2.92. The zero-order valence-corrected chi connectivity index (χ0v) is 16.9. The lowest BCUT2D eigenvalue weighted by molar-refractivity contribution is -0.254. The third-order valence-electron chi connectivity index (χ3n) is 3.15. The van der Waals surface area contributed by atoms with E-state index < -0.39 is 20.1 Å². The van der Waals surface area contributed by atoms with Gasteiger partial charge >= 0.3 is 0 Å². The molecule has 0 aliphatic carbocycles. The molecule has 3 rings (SSSR count). The normalized spacial score (nSPS) is 10.5. The van der Waals surface area contributed by atoms with Crippen LogP contribution in [0.4, 0.5) is 11.6 Å². The number of nitrogens with one attached hydrogen (secondary N) is 1. The van der Waals surface area contributed by atoms with E-state index in [-0.39, 0.29) is 32.4 Å². The highest BCUT2D eigenvalue weighted by Gasteiger charge is 2.15. The van der Waals surface area contributed by atoms with Crippen LogP contribution in [0.2, 0.25) is 0 Å². The Bertz CT molecular complexity index is 1120. The van der Waals surface area contributed by atoms with E-state index in [9.17, 15) is 21.4 Å². The number of aromatic hydroxyl groups is 1. The van der Waals surface area contributed by atoms with E-state index in [4.69, 9.17) is 5.11 Å². The number of aromatic nitrogens is 2. The van der Waals surface area contributed by atoms with Crippen LogP contribution in [0.25, 0.3) is 0 Å². The monoisotopic (exact) mass is 460 g/mol. The topological polar surface area (TPSA) is 240 Å². The lowest BCUT2D eigenvalue weighted by atomic mass is 10.3. The summed E-state index contributed by atoms with van der Waals surface area (Å²) < 4.78 is 57.0. The Kier molecular flexibility index (Phi) is 9.98. The van der Waals surface area contributed by atoms with Gasteiger partial charge in [0.05, 0.1) is 9.79 Å². The quantitative estimate of drug-likeness (QED) is 0.398. The van der Waals surface area contributed by atoms with Crippen molar-refractivity contribution >= 4 is 31.8 Å². The van der Waals surface area contributed by atoms with Gasteiger partial charge in [-0.05, 0) is 42.5 Å². The maximum Gasteiger partial charge on any atom is 0.264 e. The second-order valence-electron chi connectivity index (χ2n) is 5.27. The van der Waals surface area contributed by atoms with E-state index >= 15 is 0 Å². The number of anilines is 1. The van der Waals surface area contributed by atoms with Crippen LogP contribution < -0.4 is 10.5 Å². The Hall–Kier alpha value is -3.14. The maximum atomic E-state index is 11.9. The number of hydrogen-bond acceptors (Lipinski definition) is 8. The van der Waals surface area contributed by atoms with Crippen LogP contribution in [0, 0.1) is 0 Å². The molecule has 2 aromatic carbocycles. The van der Waals surface area contributed by atoms with E-state index in [1.165, 1.54) is 24.5 Å². The molecule has 164 valence electrons. The van der Waals surface area contributed by atoms with Crippen LogP contribution in [0.5, 0.6) is 5.75 Å². The third kappa shape index (κ3) is 8.08. The summed E-state index contributed by atoms with van der Waals surface area (Å²) in [5.41, 5.74) is 4.44. The average molecular weight is 460 g/mol. The van der Waals surface area contributed by atoms with Gasteiger partial charge in [0.2, 0.25) is 5.95 Å². The number of rotatable bonds is 4. The van der Waals surface area contributed by atoms with Crippen molar-refractivity contribution in [3.05, 3.63) is 67.0 Å². The fraction of sp³-hybridized carbons (Fsp3) is 0. The summed E-state index contributed by atoms with van der Waals surface area (Å²) in [5, 5.41) is 8.73. The fourth-order valence-electron chi connectivity index (χ4n) is 1.81. The predicted molar refractivity (Wildman–Crippen MR) is 105 cm³/mol. The van der Waals surface area contributed by atoms with Crippen LogP contribution >= 0.6 is 0 Å². The van der Waals surface area contributed by atoms with Gasteiger partial charge in [0.1, 0.15) is 21.6 Å². The largest absolute Gasteiger partial charge is 0.744 e. The lowest BCUT2D eigenvalue weighted by Crippen LogP contribution is -2.39. The zero-order chi connectivity index (χ0) is 20.8. The lowest BCUT2D eigenvalue weighted by Gasteiger charge is -2.05. The molecule has 1 aromatic heterocycles. The van der Waals surface area contributed by atoms with Crippen molar-refractivity contribution in [3.63, 3.8) is 0 Å². The van der Waals surface area contributed by atoms with Crippen molar-refractivity contribution in [2.45, 2.75) is 9.79 Å². The number of phenols is 1. The van der Waals surface area contributed by atoms with Crippen molar-refractivity contribution in [2.75, 3.05) is 4.72 Å². The van der Waals surface area contributed by atoms with Gasteiger partial charge in [-0.25, -0.2) is 31.5 Å². The molecule has 12 nitrogen and oxygen atoms in total. The van der Waals surface area contributed by atoms with E-state index in [0.29, 0.717) is 0 Å². The first-order chi connectivity index (χ1) is 13.1. The Balaban J connectivity index is 0.000000569. The summed E-state index contributed by atoms with van der Waals surface area (Å²) in [6, 6.07) is 12.2. The summed E-state index contributed by atoms with van der Waals surface area (Å²) >= 11 is 0. The molecule has 0 bridgehead atoms. The van der Waals surface area contributed by atoms with Gasteiger partial charge in [0.25, 0.3) is 10.0 Å². The van der Waals surface area contributed by atoms with Gasteiger partial charge in [-0.1, -0.05) is 0 Å². The summed E-state index contributed by atoms with van der Waals surface area (Å²) in [7, 11) is -8.01. The van der Waals surface area contributed by atoms with Crippen molar-refractivity contribution in [2.24, 2.45) is 0 Å². The van der Waals surface area contributed by atoms with Crippen LogP contribution in [-0.2, 0) is 20.1 Å². The van der Waals surface area contributed by atoms with Gasteiger partial charge < -0.3 is 26.3 Å². The van der Waals surface area contributed by atoms with E-state index in [0.717, 1.165) is 30.0 Å². The number of quaternary nitrogens is 1. The molecule has 30 heavy (non-hydrogen) atoms. The zero-order valence-electron chi connectivity index (χ0n) is 15.3. The Morgan fingerprint density at radius 1 is 0.833 bits per heavy atom. The van der Waals surface area contributed by atoms with E-state index in [2.05, 4.69) is 20.4 Å². The summed E-state index contributed by atoms with van der Waals surface area (Å²) in [5.74, 6) is -0.0244. The number of hydrogen-bond donors (Lipinski definition) is 3. The van der Waals surface area contributed by atoms with Crippen LogP contribution in [0.15, 0.2) is 76.8 Å². The second kappa shape index (κ2) is 11.1. The molecular formula is C16H20N4O8S2. The van der Waals surface area contributed by atoms with Crippen molar-refractivity contribution in [1.82, 2.24) is 9.97 Å². The molecule has 14 heteroatoms. The molecule has 0 unspecified atom stereocenters. The Labute approximate surface area is 172 Å². The molecule has 1 heterocycles. The summed E-state index contributed by atoms with van der Waals surface area (Å²) in [6.45, 7) is 0. The highest BCUT2D eigenvalue weighted by atomic mass is 32.2. The second-order valence-corrected chi connectivity index (χ2v) is 8.33. The number of phenolic OH excluding ortho intramolecular Hbond substituents is 1. The first-order valence-electron chi connectivity index (χ1n) is 7.55. The van der Waals surface area contributed by atoms with Gasteiger partial charge in [0.15, 0.2) is 0 Å². The van der Waals surface area contributed by atoms with Gasteiger partial charge in [-0.2, -0.15) is 0 Å². The van der Waals surface area contributed by atoms with Crippen LogP contribution in [0.1, 0.15) is 0 Å². The Morgan fingerprint density at radius 2 is 1.30 bits per heavy atom. The first-order valence-corrected chi connectivity index (χ1v) is 10.4. The minimum Gasteiger partial charge on any atom is -0.744 e. The standard InChI is InChI=1S/C10H10N4O2S.C6H6O4S.2H2O/c11-8-2-4-9(5-3-8)17(15,16)14-10-12-6-1-7-13-10;7-5-1-3-6(4-2-5)11(8,9)10;;/h1-7H,11H2,(H,12,13,14);1-4,7H,(H,8,9,10);2*1H2. The molecule has 0 fully saturated rings. The van der Waals surface area contributed by atoms with Gasteiger partial charge in [-0.3, -0.25) is 0 Å². The SMILES string of the molecule is O.O.O=S(=O)([O-])c1ccc(O)cc1.[NH3+]c1ccc(S(=O)(=O)Nc2ncccn2)cc1. The number of benzene rings is 2. The molecule has 0 saturated heterocycles. The minimum absolute atomic E-state index is 0. The van der Waals surface area contributed by atoms with Crippen molar-refractivity contribution in [3.8, 4) is 5.75 Å². The highest BCUT2D eigenvalue weighted by molar-refractivity contribution is 7.92. The molecule has 0 aliphatic rings. The third-order valence-corrected chi connectivity index (χ3v) is 5.34. The molecule has 9 N–H and O–H groups in total. The minimum atomic E-state index is -4.38. The average Bonchev–Trinajstić information content (AvgIpc) is 2.63. The molecule has 0 amide bonds. The maximum absolute atomic E-state index is 11.9. The number of sulfonamides is 1. The predicted octanol–water partition coefficient (Wildman–Crippen LogP) is -1.20. The molecule has 0 radical (unpaired) electrons. The molecular weight excluding hydrogens is 440 g/mol. The smallest absolute Gasteiger partial charge is 0.264 e. The van der Waals surface area contributed by atoms with Crippen molar-refractivity contribution < 1.29 is 43.2 Å². The van der Waals surface area contributed by atoms with Crippen molar-refractivity contribution in [1.29, 1.82) is 0 Å². The Morgan fingerprint density at radius 3 is 1.77 bits per heavy atom. The first kappa shape index (κ1) is 26.9. The van der Waals surface area contributed by atoms with Crippen LogP contribution in [0.3, 0.4) is 0 Å². The van der Waals surface area contributed by atoms with Crippen LogP contribution in [-0.4, -0.2) is 47.4 Å². The molecule has 0 aliphatic heterocycles. The fourth-order valence-corrected chi connectivity index (χ4v) is 3.24. The molecule has 0 saturated carbocycles. The van der Waals surface area contributed by atoms with Gasteiger partial charge in [0, 0.05) is 24.5 Å². The molecule has 3 aromatic rings. The number of nitrogens with zero attached hydrogens (tertiary/aromatic N) is 2. The van der Waals surface area contributed by atoms with Gasteiger partial charge in [-0.15, -0.1) is 0 Å². The highest BCUT2D eigenvalue weighted by Crippen LogP contribution is 2.14. The van der Waals surface area contributed by atoms with E-state index in [1.807, 2.05) is 0 Å².